The molecule has 0 N–H and O–H groups in total. The van der Waals surface area contributed by atoms with Crippen molar-refractivity contribution in [2.75, 3.05) is 20.3 Å². The topological polar surface area (TPSA) is 48.4 Å². The van der Waals surface area contributed by atoms with Crippen LogP contribution in [0.3, 0.4) is 0 Å². The molecule has 0 saturated heterocycles. The van der Waals surface area contributed by atoms with E-state index in [4.69, 9.17) is 9.47 Å². The predicted octanol–water partition coefficient (Wildman–Crippen LogP) is 1.24. The summed E-state index contributed by atoms with van der Waals surface area (Å²) < 4.78 is 10.1. The maximum Gasteiger partial charge on any atom is 0.213 e. The highest BCUT2D eigenvalue weighted by Gasteiger charge is 1.99. The van der Waals surface area contributed by atoms with Gasteiger partial charge < -0.3 is 9.47 Å². The summed E-state index contributed by atoms with van der Waals surface area (Å²) in [4.78, 5) is 14.9. The Hall–Kier alpha value is -1.42. The standard InChI is InChI=1S/C11H15NO3/c1-9(13)7-10-3-4-11(12-8-10)15-6-5-14-2/h3-4,8H,5-7H2,1-2H3. The van der Waals surface area contributed by atoms with Gasteiger partial charge in [-0.15, -0.1) is 0 Å². The minimum Gasteiger partial charge on any atom is -0.475 e. The highest BCUT2D eigenvalue weighted by atomic mass is 16.5. The lowest BCUT2D eigenvalue weighted by molar-refractivity contribution is -0.116. The maximum absolute atomic E-state index is 10.8. The highest BCUT2D eigenvalue weighted by Crippen LogP contribution is 2.08. The average Bonchev–Trinajstić information content (AvgIpc) is 2.20. The van der Waals surface area contributed by atoms with Crippen molar-refractivity contribution in [2.24, 2.45) is 0 Å². The van der Waals surface area contributed by atoms with Crippen LogP contribution >= 0.6 is 0 Å². The normalized spacial score (nSPS) is 10.0. The molecule has 1 rings (SSSR count). The number of nitrogens with zero attached hydrogens (tertiary/aromatic N) is 1. The van der Waals surface area contributed by atoms with Gasteiger partial charge in [-0.2, -0.15) is 0 Å². The molecule has 0 atom stereocenters. The molecule has 1 aromatic heterocycles. The lowest BCUT2D eigenvalue weighted by Crippen LogP contribution is -2.05. The van der Waals surface area contributed by atoms with Crippen LogP contribution in [0.25, 0.3) is 0 Å². The smallest absolute Gasteiger partial charge is 0.213 e. The lowest BCUT2D eigenvalue weighted by atomic mass is 10.2. The fourth-order valence-electron chi connectivity index (χ4n) is 1.12. The summed E-state index contributed by atoms with van der Waals surface area (Å²) in [6.45, 7) is 2.58. The van der Waals surface area contributed by atoms with Gasteiger partial charge >= 0.3 is 0 Å². The second-order valence-electron chi connectivity index (χ2n) is 3.22. The van der Waals surface area contributed by atoms with Crippen molar-refractivity contribution in [2.45, 2.75) is 13.3 Å². The number of ketones is 1. The van der Waals surface area contributed by atoms with Gasteiger partial charge in [0.2, 0.25) is 5.88 Å². The fourth-order valence-corrected chi connectivity index (χ4v) is 1.12. The molecule has 0 fully saturated rings. The van der Waals surface area contributed by atoms with Gasteiger partial charge in [0.05, 0.1) is 6.61 Å². The summed E-state index contributed by atoms with van der Waals surface area (Å²) in [5.74, 6) is 0.684. The number of ether oxygens (including phenoxy) is 2. The first-order valence-corrected chi connectivity index (χ1v) is 4.78. The van der Waals surface area contributed by atoms with Crippen LogP contribution in [0.4, 0.5) is 0 Å². The van der Waals surface area contributed by atoms with Gasteiger partial charge in [0, 0.05) is 25.8 Å². The third-order valence-electron chi connectivity index (χ3n) is 1.79. The number of Topliss-reactive ketones (excluding diaryl/α,β-unsaturated/α-hetero) is 1. The first-order valence-electron chi connectivity index (χ1n) is 4.78. The van der Waals surface area contributed by atoms with Crippen molar-refractivity contribution >= 4 is 5.78 Å². The van der Waals surface area contributed by atoms with Crippen molar-refractivity contribution in [1.82, 2.24) is 4.98 Å². The van der Waals surface area contributed by atoms with Crippen molar-refractivity contribution in [1.29, 1.82) is 0 Å². The van der Waals surface area contributed by atoms with Crippen LogP contribution in [0.2, 0.25) is 0 Å². The number of methoxy groups -OCH3 is 1. The van der Waals surface area contributed by atoms with E-state index in [0.717, 1.165) is 5.56 Å². The molecule has 1 aromatic rings. The average molecular weight is 209 g/mol. The van der Waals surface area contributed by atoms with E-state index in [1.54, 1.807) is 26.3 Å². The minimum absolute atomic E-state index is 0.129. The fraction of sp³-hybridized carbons (Fsp3) is 0.455. The van der Waals surface area contributed by atoms with Gasteiger partial charge in [-0.05, 0) is 12.5 Å². The number of hydrogen-bond donors (Lipinski definition) is 0. The zero-order chi connectivity index (χ0) is 11.1. The monoisotopic (exact) mass is 209 g/mol. The van der Waals surface area contributed by atoms with E-state index in [1.165, 1.54) is 0 Å². The summed E-state index contributed by atoms with van der Waals surface area (Å²) in [6.07, 6.45) is 2.08. The van der Waals surface area contributed by atoms with Crippen LogP contribution in [-0.4, -0.2) is 31.1 Å². The SMILES string of the molecule is COCCOc1ccc(CC(C)=O)cn1. The Morgan fingerprint density at radius 3 is 2.73 bits per heavy atom. The number of rotatable bonds is 6. The Morgan fingerprint density at radius 1 is 1.40 bits per heavy atom. The number of hydrogen-bond acceptors (Lipinski definition) is 4. The number of carbonyl (C=O) groups is 1. The van der Waals surface area contributed by atoms with E-state index >= 15 is 0 Å². The van der Waals surface area contributed by atoms with Gasteiger partial charge in [0.25, 0.3) is 0 Å². The molecule has 0 amide bonds. The second-order valence-corrected chi connectivity index (χ2v) is 3.22. The summed E-state index contributed by atoms with van der Waals surface area (Å²) in [5, 5.41) is 0. The van der Waals surface area contributed by atoms with E-state index in [2.05, 4.69) is 4.98 Å². The van der Waals surface area contributed by atoms with E-state index in [1.807, 2.05) is 6.07 Å². The molecule has 1 heterocycles. The summed E-state index contributed by atoms with van der Waals surface area (Å²) >= 11 is 0. The van der Waals surface area contributed by atoms with Gasteiger partial charge in [0.1, 0.15) is 12.4 Å². The Balaban J connectivity index is 2.45. The first kappa shape index (κ1) is 11.7. The zero-order valence-electron chi connectivity index (χ0n) is 9.03. The van der Waals surface area contributed by atoms with Crippen LogP contribution in [-0.2, 0) is 16.0 Å². The molecule has 82 valence electrons. The zero-order valence-corrected chi connectivity index (χ0v) is 9.03. The molecule has 0 aliphatic heterocycles. The van der Waals surface area contributed by atoms with Crippen LogP contribution < -0.4 is 4.74 Å². The van der Waals surface area contributed by atoms with E-state index in [-0.39, 0.29) is 5.78 Å². The summed E-state index contributed by atoms with van der Waals surface area (Å²) in [5.41, 5.74) is 0.904. The molecule has 0 radical (unpaired) electrons. The van der Waals surface area contributed by atoms with Crippen LogP contribution in [0.1, 0.15) is 12.5 Å². The molecule has 15 heavy (non-hydrogen) atoms. The Morgan fingerprint density at radius 2 is 2.20 bits per heavy atom. The predicted molar refractivity (Wildman–Crippen MR) is 56.0 cm³/mol. The molecule has 4 nitrogen and oxygen atoms in total. The quantitative estimate of drug-likeness (QED) is 0.661. The molecular formula is C11H15NO3. The largest absolute Gasteiger partial charge is 0.475 e. The molecule has 0 saturated carbocycles. The van der Waals surface area contributed by atoms with Gasteiger partial charge in [-0.3, -0.25) is 4.79 Å². The van der Waals surface area contributed by atoms with Crippen molar-refractivity contribution in [3.8, 4) is 5.88 Å². The van der Waals surface area contributed by atoms with E-state index < -0.39 is 0 Å². The van der Waals surface area contributed by atoms with Crippen molar-refractivity contribution in [3.63, 3.8) is 0 Å². The summed E-state index contributed by atoms with van der Waals surface area (Å²) in [6, 6.07) is 3.60. The van der Waals surface area contributed by atoms with Crippen molar-refractivity contribution in [3.05, 3.63) is 23.9 Å². The molecule has 0 bridgehead atoms. The first-order chi connectivity index (χ1) is 7.22. The van der Waals surface area contributed by atoms with Crippen LogP contribution in [0, 0.1) is 0 Å². The van der Waals surface area contributed by atoms with Crippen LogP contribution in [0.15, 0.2) is 18.3 Å². The summed E-state index contributed by atoms with van der Waals surface area (Å²) in [7, 11) is 1.62. The molecule has 0 unspecified atom stereocenters. The Labute approximate surface area is 89.2 Å². The second kappa shape index (κ2) is 6.14. The van der Waals surface area contributed by atoms with E-state index in [0.29, 0.717) is 25.5 Å². The number of aromatic nitrogens is 1. The molecule has 0 aliphatic rings. The Kier molecular flexibility index (Phi) is 4.77. The third kappa shape index (κ3) is 4.56. The number of carbonyl (C=O) groups excluding carboxylic acids is 1. The molecule has 0 aromatic carbocycles. The third-order valence-corrected chi connectivity index (χ3v) is 1.79. The van der Waals surface area contributed by atoms with E-state index in [9.17, 15) is 4.79 Å². The molecule has 0 spiro atoms. The van der Waals surface area contributed by atoms with Gasteiger partial charge in [0.15, 0.2) is 0 Å². The molecule has 4 heteroatoms. The van der Waals surface area contributed by atoms with Crippen molar-refractivity contribution < 1.29 is 14.3 Å². The number of pyridine rings is 1. The lowest BCUT2D eigenvalue weighted by Gasteiger charge is -2.04. The van der Waals surface area contributed by atoms with Crippen LogP contribution in [0.5, 0.6) is 5.88 Å². The molecular weight excluding hydrogens is 194 g/mol. The molecule has 0 aliphatic carbocycles. The van der Waals surface area contributed by atoms with Gasteiger partial charge in [-0.25, -0.2) is 4.98 Å². The minimum atomic E-state index is 0.129. The maximum atomic E-state index is 10.8. The highest BCUT2D eigenvalue weighted by molar-refractivity contribution is 5.78. The Bertz CT molecular complexity index is 308. The van der Waals surface area contributed by atoms with Gasteiger partial charge in [-0.1, -0.05) is 6.07 Å².